The fourth-order valence-electron chi connectivity index (χ4n) is 1.26. The molecule has 0 aromatic heterocycles. The van der Waals surface area contributed by atoms with Crippen molar-refractivity contribution in [1.82, 2.24) is 4.90 Å². The summed E-state index contributed by atoms with van der Waals surface area (Å²) in [6.45, 7) is 0.952. The summed E-state index contributed by atoms with van der Waals surface area (Å²) >= 11 is 0. The number of imide groups is 1. The fraction of sp³-hybridized carbons (Fsp3) is 0.800. The van der Waals surface area contributed by atoms with Gasteiger partial charge in [0.2, 0.25) is 0 Å². The molecule has 15 heavy (non-hydrogen) atoms. The van der Waals surface area contributed by atoms with E-state index in [9.17, 15) is 9.59 Å². The van der Waals surface area contributed by atoms with Crippen LogP contribution in [0.15, 0.2) is 0 Å². The lowest BCUT2D eigenvalue weighted by atomic mass is 10.2. The van der Waals surface area contributed by atoms with Crippen molar-refractivity contribution in [2.75, 3.05) is 19.8 Å². The number of hydrogen-bond donors (Lipinski definition) is 2. The predicted octanol–water partition coefficient (Wildman–Crippen LogP) is -0.0935. The molecule has 88 valence electrons. The molecular weight excluding hydrogens is 198 g/mol. The number of aliphatic hydroxyl groups is 2. The fourth-order valence-corrected chi connectivity index (χ4v) is 1.26. The number of nitrogens with zero attached hydrogens (tertiary/aromatic N) is 1. The first kappa shape index (κ1) is 14.1. The molecule has 0 heterocycles. The smallest absolute Gasteiger partial charge is 0.254 e. The van der Waals surface area contributed by atoms with E-state index in [-0.39, 0.29) is 6.54 Å². The van der Waals surface area contributed by atoms with Gasteiger partial charge >= 0.3 is 0 Å². The molecule has 0 aromatic carbocycles. The van der Waals surface area contributed by atoms with Gasteiger partial charge in [0.15, 0.2) is 0 Å². The molecule has 0 aliphatic rings. The third-order valence-electron chi connectivity index (χ3n) is 2.11. The van der Waals surface area contributed by atoms with E-state index in [4.69, 9.17) is 10.2 Å². The van der Waals surface area contributed by atoms with Gasteiger partial charge in [-0.2, -0.15) is 0 Å². The highest BCUT2D eigenvalue weighted by molar-refractivity contribution is 5.96. The molecule has 2 N–H and O–H groups in total. The van der Waals surface area contributed by atoms with E-state index in [1.54, 1.807) is 0 Å². The lowest BCUT2D eigenvalue weighted by molar-refractivity contribution is -0.148. The third kappa shape index (κ3) is 5.49. The van der Waals surface area contributed by atoms with Crippen molar-refractivity contribution in [3.05, 3.63) is 0 Å². The number of amides is 2. The van der Waals surface area contributed by atoms with Crippen LogP contribution in [0.25, 0.3) is 0 Å². The molecule has 5 heteroatoms. The Hall–Kier alpha value is -0.940. The van der Waals surface area contributed by atoms with Gasteiger partial charge in [-0.15, -0.1) is 0 Å². The van der Waals surface area contributed by atoms with Crippen molar-refractivity contribution in [1.29, 1.82) is 0 Å². The van der Waals surface area contributed by atoms with Crippen LogP contribution in [0.4, 0.5) is 0 Å². The van der Waals surface area contributed by atoms with Crippen molar-refractivity contribution in [2.45, 2.75) is 32.6 Å². The summed E-state index contributed by atoms with van der Waals surface area (Å²) in [5.74, 6) is -1.30. The SMILES string of the molecule is CCCCCCN(C(=O)CO)C(=O)CO. The van der Waals surface area contributed by atoms with Crippen molar-refractivity contribution >= 4 is 11.8 Å². The second-order valence-corrected chi connectivity index (χ2v) is 3.32. The van der Waals surface area contributed by atoms with Crippen LogP contribution < -0.4 is 0 Å². The second-order valence-electron chi connectivity index (χ2n) is 3.32. The highest BCUT2D eigenvalue weighted by atomic mass is 16.3. The molecule has 0 rings (SSSR count). The van der Waals surface area contributed by atoms with Gasteiger partial charge < -0.3 is 10.2 Å². The standard InChI is InChI=1S/C10H19NO4/c1-2-3-4-5-6-11(9(14)7-12)10(15)8-13/h12-13H,2-8H2,1H3. The van der Waals surface area contributed by atoms with Gasteiger partial charge in [-0.25, -0.2) is 0 Å². The van der Waals surface area contributed by atoms with E-state index < -0.39 is 25.0 Å². The van der Waals surface area contributed by atoms with E-state index in [1.165, 1.54) is 0 Å². The Bertz CT molecular complexity index is 190. The van der Waals surface area contributed by atoms with Crippen LogP contribution in [0, 0.1) is 0 Å². The van der Waals surface area contributed by atoms with Crippen molar-refractivity contribution in [3.8, 4) is 0 Å². The molecule has 2 amide bonds. The Morgan fingerprint density at radius 3 is 1.93 bits per heavy atom. The first-order valence-electron chi connectivity index (χ1n) is 5.22. The highest BCUT2D eigenvalue weighted by Crippen LogP contribution is 2.02. The van der Waals surface area contributed by atoms with Crippen LogP contribution in [-0.4, -0.2) is 46.7 Å². The highest BCUT2D eigenvalue weighted by Gasteiger charge is 2.18. The maximum Gasteiger partial charge on any atom is 0.254 e. The normalized spacial score (nSPS) is 10.1. The number of aliphatic hydroxyl groups excluding tert-OH is 2. The van der Waals surface area contributed by atoms with Gasteiger partial charge in [0.1, 0.15) is 13.2 Å². The molecule has 0 aliphatic heterocycles. The van der Waals surface area contributed by atoms with Crippen LogP contribution in [0.1, 0.15) is 32.6 Å². The van der Waals surface area contributed by atoms with Crippen molar-refractivity contribution in [2.24, 2.45) is 0 Å². The van der Waals surface area contributed by atoms with Gasteiger partial charge in [-0.05, 0) is 6.42 Å². The molecule has 5 nitrogen and oxygen atoms in total. The molecule has 0 fully saturated rings. The average Bonchev–Trinajstić information content (AvgIpc) is 2.27. The summed E-state index contributed by atoms with van der Waals surface area (Å²) in [4.78, 5) is 23.2. The molecule has 0 atom stereocenters. The van der Waals surface area contributed by atoms with Crippen molar-refractivity contribution in [3.63, 3.8) is 0 Å². The van der Waals surface area contributed by atoms with E-state index in [0.717, 1.165) is 24.2 Å². The molecule has 0 unspecified atom stereocenters. The van der Waals surface area contributed by atoms with Gasteiger partial charge in [0, 0.05) is 6.54 Å². The van der Waals surface area contributed by atoms with Gasteiger partial charge in [-0.3, -0.25) is 14.5 Å². The number of hydrogen-bond acceptors (Lipinski definition) is 4. The minimum Gasteiger partial charge on any atom is -0.387 e. The van der Waals surface area contributed by atoms with Crippen LogP contribution in [0.3, 0.4) is 0 Å². The monoisotopic (exact) mass is 217 g/mol. The Morgan fingerprint density at radius 2 is 1.53 bits per heavy atom. The van der Waals surface area contributed by atoms with Crippen molar-refractivity contribution < 1.29 is 19.8 Å². The largest absolute Gasteiger partial charge is 0.387 e. The first-order chi connectivity index (χ1) is 7.17. The van der Waals surface area contributed by atoms with E-state index in [1.807, 2.05) is 0 Å². The maximum atomic E-state index is 11.1. The Labute approximate surface area is 89.7 Å². The topological polar surface area (TPSA) is 77.8 Å². The summed E-state index contributed by atoms with van der Waals surface area (Å²) in [6.07, 6.45) is 3.77. The average molecular weight is 217 g/mol. The van der Waals surface area contributed by atoms with Gasteiger partial charge in [-0.1, -0.05) is 26.2 Å². The zero-order chi connectivity index (χ0) is 11.7. The molecular formula is C10H19NO4. The lowest BCUT2D eigenvalue weighted by Crippen LogP contribution is -2.41. The van der Waals surface area contributed by atoms with Crippen LogP contribution in [0.2, 0.25) is 0 Å². The second kappa shape index (κ2) is 8.38. The third-order valence-corrected chi connectivity index (χ3v) is 2.11. The quantitative estimate of drug-likeness (QED) is 0.584. The van der Waals surface area contributed by atoms with Crippen LogP contribution in [-0.2, 0) is 9.59 Å². The summed E-state index contributed by atoms with van der Waals surface area (Å²) in [5.41, 5.74) is 0. The van der Waals surface area contributed by atoms with Gasteiger partial charge in [0.05, 0.1) is 0 Å². The van der Waals surface area contributed by atoms with E-state index in [2.05, 4.69) is 6.92 Å². The molecule has 0 saturated heterocycles. The Kier molecular flexibility index (Phi) is 7.85. The molecule has 0 aliphatic carbocycles. The summed E-state index contributed by atoms with van der Waals surface area (Å²) in [7, 11) is 0. The van der Waals surface area contributed by atoms with E-state index in [0.29, 0.717) is 6.42 Å². The molecule has 0 saturated carbocycles. The zero-order valence-electron chi connectivity index (χ0n) is 9.11. The molecule has 0 spiro atoms. The minimum absolute atomic E-state index is 0.277. The summed E-state index contributed by atoms with van der Waals surface area (Å²) in [5, 5.41) is 17.3. The minimum atomic E-state index is -0.695. The molecule has 0 bridgehead atoms. The number of unbranched alkanes of at least 4 members (excludes halogenated alkanes) is 3. The lowest BCUT2D eigenvalue weighted by Gasteiger charge is -2.18. The van der Waals surface area contributed by atoms with Gasteiger partial charge in [0.25, 0.3) is 11.8 Å². The van der Waals surface area contributed by atoms with E-state index >= 15 is 0 Å². The Morgan fingerprint density at radius 1 is 1.00 bits per heavy atom. The molecule has 0 aromatic rings. The summed E-state index contributed by atoms with van der Waals surface area (Å²) in [6, 6.07) is 0. The molecule has 0 radical (unpaired) electrons. The van der Waals surface area contributed by atoms with Crippen LogP contribution in [0.5, 0.6) is 0 Å². The summed E-state index contributed by atoms with van der Waals surface area (Å²) < 4.78 is 0. The number of rotatable bonds is 7. The zero-order valence-corrected chi connectivity index (χ0v) is 9.11. The number of carbonyl (C=O) groups is 2. The maximum absolute atomic E-state index is 11.1. The van der Waals surface area contributed by atoms with Crippen LogP contribution >= 0.6 is 0 Å². The first-order valence-corrected chi connectivity index (χ1v) is 5.22. The number of carbonyl (C=O) groups excluding carboxylic acids is 2. The Balaban J connectivity index is 4.02. The predicted molar refractivity (Wildman–Crippen MR) is 55.0 cm³/mol.